The van der Waals surface area contributed by atoms with E-state index in [0.717, 1.165) is 0 Å². The minimum Gasteiger partial charge on any atom is -0.465 e. The Kier molecular flexibility index (Phi) is 6.95. The molecular formula is C14H20O9. The normalized spacial score (nSPS) is 26.3. The summed E-state index contributed by atoms with van der Waals surface area (Å²) >= 11 is 0. The fourth-order valence-electron chi connectivity index (χ4n) is 2.14. The second-order valence-electron chi connectivity index (χ2n) is 5.00. The topological polar surface area (TPSA) is 114 Å². The maximum atomic E-state index is 11.3. The van der Waals surface area contributed by atoms with Crippen molar-refractivity contribution in [2.24, 2.45) is 5.92 Å². The van der Waals surface area contributed by atoms with Gasteiger partial charge >= 0.3 is 23.9 Å². The summed E-state index contributed by atoms with van der Waals surface area (Å²) in [5.41, 5.74) is 0. The number of carbonyl (C=O) groups is 4. The maximum absolute atomic E-state index is 11.3. The molecule has 0 amide bonds. The Balaban J connectivity index is 2.92. The van der Waals surface area contributed by atoms with Crippen LogP contribution >= 0.6 is 0 Å². The van der Waals surface area contributed by atoms with Crippen molar-refractivity contribution in [2.45, 2.75) is 46.2 Å². The molecule has 1 heterocycles. The number of hydrogen-bond donors (Lipinski definition) is 0. The lowest BCUT2D eigenvalue weighted by Gasteiger charge is -2.22. The molecule has 0 radical (unpaired) electrons. The minimum atomic E-state index is -1.17. The first kappa shape index (κ1) is 18.9. The Bertz CT molecular complexity index is 473. The average molecular weight is 332 g/mol. The monoisotopic (exact) mass is 332 g/mol. The number of esters is 4. The molecule has 0 N–H and O–H groups in total. The van der Waals surface area contributed by atoms with Crippen molar-refractivity contribution in [3.63, 3.8) is 0 Å². The Morgan fingerprint density at radius 3 is 1.78 bits per heavy atom. The minimum absolute atomic E-state index is 0.142. The first-order chi connectivity index (χ1) is 10.7. The summed E-state index contributed by atoms with van der Waals surface area (Å²) < 4.78 is 25.4. The van der Waals surface area contributed by atoms with Gasteiger partial charge in [-0.3, -0.25) is 19.2 Å². The Morgan fingerprint density at radius 1 is 0.783 bits per heavy atom. The summed E-state index contributed by atoms with van der Waals surface area (Å²) in [4.78, 5) is 44.4. The lowest BCUT2D eigenvalue weighted by atomic mass is 9.99. The van der Waals surface area contributed by atoms with Gasteiger partial charge in [-0.2, -0.15) is 0 Å². The third-order valence-corrected chi connectivity index (χ3v) is 2.99. The molecule has 0 saturated carbocycles. The predicted octanol–water partition coefficient (Wildman–Crippen LogP) is -0.0515. The quantitative estimate of drug-likeness (QED) is 0.487. The van der Waals surface area contributed by atoms with E-state index in [1.54, 1.807) is 0 Å². The van der Waals surface area contributed by atoms with E-state index < -0.39 is 48.3 Å². The van der Waals surface area contributed by atoms with Crippen LogP contribution in [0.3, 0.4) is 0 Å². The van der Waals surface area contributed by atoms with Crippen LogP contribution in [-0.2, 0) is 42.9 Å². The van der Waals surface area contributed by atoms with Crippen molar-refractivity contribution in [2.75, 3.05) is 13.2 Å². The van der Waals surface area contributed by atoms with E-state index in [-0.39, 0.29) is 13.2 Å². The molecule has 4 atom stereocenters. The molecule has 0 bridgehead atoms. The summed E-state index contributed by atoms with van der Waals surface area (Å²) in [6.07, 6.45) is -2.90. The standard InChI is InChI=1S/C14H20O9/c1-7(15)19-5-11-12(6-20-8(2)16)23-14(22-10(4)18)13(11)21-9(3)17/h11-14H,5-6H2,1-4H3/t11-,12-,13-,14-/m1/s1. The van der Waals surface area contributed by atoms with Crippen LogP contribution in [0, 0.1) is 5.92 Å². The molecule has 23 heavy (non-hydrogen) atoms. The second-order valence-corrected chi connectivity index (χ2v) is 5.00. The number of carbonyl (C=O) groups excluding carboxylic acids is 4. The zero-order valence-corrected chi connectivity index (χ0v) is 13.4. The van der Waals surface area contributed by atoms with Crippen molar-refractivity contribution >= 4 is 23.9 Å². The molecule has 0 unspecified atom stereocenters. The van der Waals surface area contributed by atoms with Crippen LogP contribution in [0.2, 0.25) is 0 Å². The van der Waals surface area contributed by atoms with Gasteiger partial charge in [0.2, 0.25) is 6.29 Å². The Hall–Kier alpha value is -2.16. The van der Waals surface area contributed by atoms with E-state index in [2.05, 4.69) is 0 Å². The van der Waals surface area contributed by atoms with Gasteiger partial charge in [0, 0.05) is 27.7 Å². The SMILES string of the molecule is CC(=O)OC[C@H]1[C@@H](OC(C)=O)[C@H](OC(C)=O)O[C@@H]1COC(C)=O. The molecule has 9 heteroatoms. The highest BCUT2D eigenvalue weighted by atomic mass is 16.7. The maximum Gasteiger partial charge on any atom is 0.305 e. The van der Waals surface area contributed by atoms with E-state index in [1.807, 2.05) is 0 Å². The summed E-state index contributed by atoms with van der Waals surface area (Å²) in [6.45, 7) is 4.51. The van der Waals surface area contributed by atoms with Crippen molar-refractivity contribution in [3.05, 3.63) is 0 Å². The molecule has 0 aromatic heterocycles. The van der Waals surface area contributed by atoms with Crippen LogP contribution in [0.5, 0.6) is 0 Å². The summed E-state index contributed by atoms with van der Waals surface area (Å²) in [7, 11) is 0. The molecule has 0 aromatic rings. The van der Waals surface area contributed by atoms with Crippen molar-refractivity contribution in [1.29, 1.82) is 0 Å². The van der Waals surface area contributed by atoms with Crippen LogP contribution < -0.4 is 0 Å². The molecule has 1 rings (SSSR count). The molecule has 1 aliphatic rings. The first-order valence-electron chi connectivity index (χ1n) is 6.97. The molecule has 1 aliphatic heterocycles. The van der Waals surface area contributed by atoms with Crippen LogP contribution in [0.25, 0.3) is 0 Å². The fraction of sp³-hybridized carbons (Fsp3) is 0.714. The Morgan fingerprint density at radius 2 is 1.30 bits per heavy atom. The predicted molar refractivity (Wildman–Crippen MR) is 72.7 cm³/mol. The van der Waals surface area contributed by atoms with E-state index >= 15 is 0 Å². The third kappa shape index (κ3) is 6.23. The van der Waals surface area contributed by atoms with Gasteiger partial charge in [0.05, 0.1) is 5.92 Å². The van der Waals surface area contributed by atoms with Gasteiger partial charge in [-0.05, 0) is 0 Å². The van der Waals surface area contributed by atoms with E-state index in [9.17, 15) is 19.2 Å². The van der Waals surface area contributed by atoms with Crippen molar-refractivity contribution < 1.29 is 42.9 Å². The summed E-state index contributed by atoms with van der Waals surface area (Å²) in [6, 6.07) is 0. The average Bonchev–Trinajstić information content (AvgIpc) is 2.70. The van der Waals surface area contributed by atoms with Crippen molar-refractivity contribution in [1.82, 2.24) is 0 Å². The molecule has 1 saturated heterocycles. The highest BCUT2D eigenvalue weighted by molar-refractivity contribution is 5.68. The summed E-state index contributed by atoms with van der Waals surface area (Å²) in [5.74, 6) is -2.96. The number of hydrogen-bond acceptors (Lipinski definition) is 9. The largest absolute Gasteiger partial charge is 0.465 e. The molecule has 0 aromatic carbocycles. The molecule has 1 fully saturated rings. The van der Waals surface area contributed by atoms with E-state index in [0.29, 0.717) is 0 Å². The van der Waals surface area contributed by atoms with E-state index in [4.69, 9.17) is 23.7 Å². The van der Waals surface area contributed by atoms with Crippen LogP contribution in [-0.4, -0.2) is 55.6 Å². The zero-order valence-electron chi connectivity index (χ0n) is 13.4. The molecule has 130 valence electrons. The Labute approximate surface area is 133 Å². The number of ether oxygens (including phenoxy) is 5. The lowest BCUT2D eigenvalue weighted by molar-refractivity contribution is -0.197. The molecule has 0 aliphatic carbocycles. The zero-order chi connectivity index (χ0) is 17.6. The van der Waals surface area contributed by atoms with E-state index in [1.165, 1.54) is 27.7 Å². The fourth-order valence-corrected chi connectivity index (χ4v) is 2.14. The first-order valence-corrected chi connectivity index (χ1v) is 6.97. The van der Waals surface area contributed by atoms with Gasteiger partial charge in [0.15, 0.2) is 6.10 Å². The van der Waals surface area contributed by atoms with Gasteiger partial charge in [0.25, 0.3) is 0 Å². The van der Waals surface area contributed by atoms with Crippen molar-refractivity contribution in [3.8, 4) is 0 Å². The summed E-state index contributed by atoms with van der Waals surface area (Å²) in [5, 5.41) is 0. The van der Waals surface area contributed by atoms with Crippen LogP contribution in [0.15, 0.2) is 0 Å². The third-order valence-electron chi connectivity index (χ3n) is 2.99. The van der Waals surface area contributed by atoms with Gasteiger partial charge in [0.1, 0.15) is 19.3 Å². The highest BCUT2D eigenvalue weighted by Crippen LogP contribution is 2.31. The number of rotatable bonds is 6. The van der Waals surface area contributed by atoms with Gasteiger partial charge in [-0.25, -0.2) is 0 Å². The molecular weight excluding hydrogens is 312 g/mol. The highest BCUT2D eigenvalue weighted by Gasteiger charge is 2.49. The van der Waals surface area contributed by atoms with Crippen LogP contribution in [0.4, 0.5) is 0 Å². The van der Waals surface area contributed by atoms with Crippen LogP contribution in [0.1, 0.15) is 27.7 Å². The second kappa shape index (κ2) is 8.47. The van der Waals surface area contributed by atoms with Gasteiger partial charge < -0.3 is 23.7 Å². The molecule has 0 spiro atoms. The lowest BCUT2D eigenvalue weighted by Crippen LogP contribution is -2.38. The van der Waals surface area contributed by atoms with Gasteiger partial charge in [-0.1, -0.05) is 0 Å². The van der Waals surface area contributed by atoms with Gasteiger partial charge in [-0.15, -0.1) is 0 Å². The smallest absolute Gasteiger partial charge is 0.305 e. The molecule has 9 nitrogen and oxygen atoms in total.